The molecular weight excluding hydrogens is 384 g/mol. The summed E-state index contributed by atoms with van der Waals surface area (Å²) in [4.78, 5) is 39.4. The molecule has 0 saturated carbocycles. The van der Waals surface area contributed by atoms with Crippen molar-refractivity contribution >= 4 is 40.3 Å². The molecule has 1 fully saturated rings. The fraction of sp³-hybridized carbons (Fsp3) is 0.174. The SMILES string of the molecule is O=C1NCC(c2ccc3ccccc3c2)SCC1N1C(=O)c2ccccc2C1=O. The number of imide groups is 1. The van der Waals surface area contributed by atoms with E-state index in [9.17, 15) is 14.4 Å². The van der Waals surface area contributed by atoms with E-state index in [-0.39, 0.29) is 11.2 Å². The molecule has 2 aliphatic heterocycles. The van der Waals surface area contributed by atoms with Crippen LogP contribution in [0.2, 0.25) is 0 Å². The maximum absolute atomic E-state index is 12.8. The van der Waals surface area contributed by atoms with E-state index >= 15 is 0 Å². The number of thioether (sulfide) groups is 1. The van der Waals surface area contributed by atoms with Crippen molar-refractivity contribution in [3.63, 3.8) is 0 Å². The van der Waals surface area contributed by atoms with Crippen LogP contribution in [0.4, 0.5) is 0 Å². The molecule has 1 saturated heterocycles. The lowest BCUT2D eigenvalue weighted by atomic mass is 10.0. The molecule has 2 aliphatic rings. The summed E-state index contributed by atoms with van der Waals surface area (Å²) in [5.41, 5.74) is 1.85. The highest BCUT2D eigenvalue weighted by Gasteiger charge is 2.43. The molecule has 0 aromatic heterocycles. The third-order valence-corrected chi connectivity index (χ3v) is 6.85. The summed E-state index contributed by atoms with van der Waals surface area (Å²) in [6, 6.07) is 20.4. The molecule has 2 heterocycles. The zero-order valence-electron chi connectivity index (χ0n) is 15.5. The van der Waals surface area contributed by atoms with Crippen molar-refractivity contribution in [1.29, 1.82) is 0 Å². The number of amides is 3. The summed E-state index contributed by atoms with van der Waals surface area (Å²) in [6.07, 6.45) is 0. The number of nitrogens with zero attached hydrogens (tertiary/aromatic N) is 1. The van der Waals surface area contributed by atoms with Crippen molar-refractivity contribution in [2.75, 3.05) is 12.3 Å². The Balaban J connectivity index is 1.40. The van der Waals surface area contributed by atoms with Crippen LogP contribution in [0.3, 0.4) is 0 Å². The summed E-state index contributed by atoms with van der Waals surface area (Å²) in [5, 5.41) is 5.31. The van der Waals surface area contributed by atoms with E-state index < -0.39 is 17.9 Å². The van der Waals surface area contributed by atoms with Crippen molar-refractivity contribution in [3.05, 3.63) is 83.4 Å². The Labute approximate surface area is 172 Å². The molecule has 3 aromatic rings. The maximum Gasteiger partial charge on any atom is 0.262 e. The number of carbonyl (C=O) groups excluding carboxylic acids is 3. The van der Waals surface area contributed by atoms with Crippen LogP contribution in [-0.4, -0.2) is 41.0 Å². The molecule has 3 amide bonds. The number of hydrogen-bond donors (Lipinski definition) is 1. The second-order valence-electron chi connectivity index (χ2n) is 7.22. The minimum absolute atomic E-state index is 0.0590. The van der Waals surface area contributed by atoms with Gasteiger partial charge in [-0.3, -0.25) is 19.3 Å². The first-order valence-electron chi connectivity index (χ1n) is 9.48. The lowest BCUT2D eigenvalue weighted by Gasteiger charge is -2.23. The van der Waals surface area contributed by atoms with Gasteiger partial charge < -0.3 is 5.32 Å². The van der Waals surface area contributed by atoms with Crippen LogP contribution in [0.1, 0.15) is 31.5 Å². The zero-order valence-corrected chi connectivity index (χ0v) is 16.3. The normalized spacial score (nSPS) is 21.8. The van der Waals surface area contributed by atoms with Crippen LogP contribution >= 0.6 is 11.8 Å². The number of fused-ring (bicyclic) bond motifs is 2. The Bertz CT molecular complexity index is 1120. The number of hydrogen-bond acceptors (Lipinski definition) is 4. The number of nitrogens with one attached hydrogen (secondary N) is 1. The second-order valence-corrected chi connectivity index (χ2v) is 8.45. The van der Waals surface area contributed by atoms with Gasteiger partial charge in [0.25, 0.3) is 11.8 Å². The van der Waals surface area contributed by atoms with Crippen LogP contribution < -0.4 is 5.32 Å². The maximum atomic E-state index is 12.8. The Morgan fingerprint density at radius 1 is 0.828 bits per heavy atom. The average molecular weight is 402 g/mol. The largest absolute Gasteiger partial charge is 0.353 e. The van der Waals surface area contributed by atoms with Gasteiger partial charge in [0.2, 0.25) is 5.91 Å². The molecule has 144 valence electrons. The molecule has 2 atom stereocenters. The minimum atomic E-state index is -0.808. The van der Waals surface area contributed by atoms with Crippen LogP contribution in [0.25, 0.3) is 10.8 Å². The van der Waals surface area contributed by atoms with E-state index in [1.165, 1.54) is 5.39 Å². The molecule has 0 aliphatic carbocycles. The Hall–Kier alpha value is -3.12. The monoisotopic (exact) mass is 402 g/mol. The first-order valence-corrected chi connectivity index (χ1v) is 10.5. The number of benzene rings is 3. The van der Waals surface area contributed by atoms with Crippen LogP contribution in [-0.2, 0) is 4.79 Å². The summed E-state index contributed by atoms with van der Waals surface area (Å²) in [6.45, 7) is 0.460. The van der Waals surface area contributed by atoms with Gasteiger partial charge in [-0.2, -0.15) is 0 Å². The van der Waals surface area contributed by atoms with Gasteiger partial charge in [-0.05, 0) is 34.5 Å². The molecule has 0 spiro atoms. The molecule has 5 rings (SSSR count). The average Bonchev–Trinajstić information content (AvgIpc) is 2.88. The van der Waals surface area contributed by atoms with Gasteiger partial charge in [0.1, 0.15) is 6.04 Å². The Morgan fingerprint density at radius 3 is 2.21 bits per heavy atom. The fourth-order valence-corrected chi connectivity index (χ4v) is 5.21. The number of carbonyl (C=O) groups is 3. The van der Waals surface area contributed by atoms with Gasteiger partial charge in [-0.25, -0.2) is 0 Å². The summed E-state index contributed by atoms with van der Waals surface area (Å²) < 4.78 is 0. The van der Waals surface area contributed by atoms with E-state index in [4.69, 9.17) is 0 Å². The van der Waals surface area contributed by atoms with E-state index in [1.54, 1.807) is 36.0 Å². The van der Waals surface area contributed by atoms with Gasteiger partial charge in [-0.15, -0.1) is 11.8 Å². The van der Waals surface area contributed by atoms with Crippen molar-refractivity contribution in [1.82, 2.24) is 10.2 Å². The smallest absolute Gasteiger partial charge is 0.262 e. The van der Waals surface area contributed by atoms with Gasteiger partial charge in [-0.1, -0.05) is 48.5 Å². The molecular formula is C23H18N2O3S. The predicted octanol–water partition coefficient (Wildman–Crippen LogP) is 3.41. The van der Waals surface area contributed by atoms with E-state index in [0.717, 1.165) is 15.8 Å². The lowest BCUT2D eigenvalue weighted by molar-refractivity contribution is -0.124. The topological polar surface area (TPSA) is 66.5 Å². The quantitative estimate of drug-likeness (QED) is 0.667. The third kappa shape index (κ3) is 3.00. The Morgan fingerprint density at radius 2 is 1.48 bits per heavy atom. The Kier molecular flexibility index (Phi) is 4.36. The highest BCUT2D eigenvalue weighted by molar-refractivity contribution is 7.99. The molecule has 0 bridgehead atoms. The van der Waals surface area contributed by atoms with E-state index in [2.05, 4.69) is 35.6 Å². The fourth-order valence-electron chi connectivity index (χ4n) is 3.96. The van der Waals surface area contributed by atoms with E-state index in [0.29, 0.717) is 23.4 Å². The van der Waals surface area contributed by atoms with Crippen molar-refractivity contribution in [2.24, 2.45) is 0 Å². The van der Waals surface area contributed by atoms with Crippen molar-refractivity contribution in [3.8, 4) is 0 Å². The zero-order chi connectivity index (χ0) is 20.0. The van der Waals surface area contributed by atoms with Crippen LogP contribution in [0.5, 0.6) is 0 Å². The summed E-state index contributed by atoms with van der Waals surface area (Å²) in [5.74, 6) is -0.698. The van der Waals surface area contributed by atoms with Crippen LogP contribution in [0.15, 0.2) is 66.7 Å². The minimum Gasteiger partial charge on any atom is -0.353 e. The predicted molar refractivity (Wildman–Crippen MR) is 113 cm³/mol. The molecule has 3 aromatic carbocycles. The van der Waals surface area contributed by atoms with Crippen molar-refractivity contribution < 1.29 is 14.4 Å². The third-order valence-electron chi connectivity index (χ3n) is 5.50. The standard InChI is InChI=1S/C23H18N2O3S/c26-21-19(25-22(27)17-7-3-4-8-18(17)23(25)28)13-29-20(12-24-21)16-10-9-14-5-1-2-6-15(14)11-16/h1-11,19-20H,12-13H2,(H,24,26). The molecule has 1 N–H and O–H groups in total. The molecule has 6 heteroatoms. The second kappa shape index (κ2) is 7.04. The first kappa shape index (κ1) is 17.9. The lowest BCUT2D eigenvalue weighted by Crippen LogP contribution is -2.50. The van der Waals surface area contributed by atoms with Gasteiger partial charge in [0.05, 0.1) is 11.1 Å². The van der Waals surface area contributed by atoms with Gasteiger partial charge in [0.15, 0.2) is 0 Å². The van der Waals surface area contributed by atoms with Gasteiger partial charge in [0, 0.05) is 17.5 Å². The molecule has 5 nitrogen and oxygen atoms in total. The number of rotatable bonds is 2. The van der Waals surface area contributed by atoms with Crippen LogP contribution in [0, 0.1) is 0 Å². The highest BCUT2D eigenvalue weighted by Crippen LogP contribution is 2.35. The highest BCUT2D eigenvalue weighted by atomic mass is 32.2. The first-order chi connectivity index (χ1) is 14.1. The van der Waals surface area contributed by atoms with Gasteiger partial charge >= 0.3 is 0 Å². The van der Waals surface area contributed by atoms with Crippen molar-refractivity contribution in [2.45, 2.75) is 11.3 Å². The molecule has 2 unspecified atom stereocenters. The summed E-state index contributed by atoms with van der Waals surface area (Å²) >= 11 is 1.60. The molecule has 0 radical (unpaired) electrons. The molecule has 29 heavy (non-hydrogen) atoms. The van der Waals surface area contributed by atoms with E-state index in [1.807, 2.05) is 12.1 Å². The summed E-state index contributed by atoms with van der Waals surface area (Å²) in [7, 11) is 0.